The van der Waals surface area contributed by atoms with Crippen LogP contribution in [0.2, 0.25) is 0 Å². The van der Waals surface area contributed by atoms with Gasteiger partial charge in [-0.25, -0.2) is 4.98 Å². The summed E-state index contributed by atoms with van der Waals surface area (Å²) < 4.78 is 8.40. The minimum atomic E-state index is 0.607. The highest BCUT2D eigenvalue weighted by atomic mass is 16.5. The van der Waals surface area contributed by atoms with Gasteiger partial charge in [0.05, 0.1) is 18.6 Å². The van der Waals surface area contributed by atoms with Crippen molar-refractivity contribution in [2.24, 2.45) is 17.8 Å². The highest BCUT2D eigenvalue weighted by Crippen LogP contribution is 2.29. The van der Waals surface area contributed by atoms with Crippen LogP contribution in [-0.2, 0) is 17.8 Å². The van der Waals surface area contributed by atoms with Crippen LogP contribution >= 0.6 is 0 Å². The molecule has 0 spiro atoms. The Balaban J connectivity index is 1.34. The molecule has 2 aliphatic carbocycles. The van der Waals surface area contributed by atoms with Crippen molar-refractivity contribution in [1.29, 1.82) is 0 Å². The number of rotatable bonds is 6. The topological polar surface area (TPSA) is 30.3 Å². The molecular weight excluding hydrogens is 274 g/mol. The van der Waals surface area contributed by atoms with Gasteiger partial charge in [-0.05, 0) is 37.5 Å². The van der Waals surface area contributed by atoms with Gasteiger partial charge >= 0.3 is 0 Å². The first kappa shape index (κ1) is 14.7. The van der Waals surface area contributed by atoms with Gasteiger partial charge in [0.15, 0.2) is 0 Å². The van der Waals surface area contributed by atoms with Crippen molar-refractivity contribution in [3.8, 4) is 0 Å². The maximum atomic E-state index is 6.06. The number of fused-ring (bicyclic) bond motifs is 1. The molecule has 3 aliphatic rings. The minimum Gasteiger partial charge on any atom is -0.381 e. The largest absolute Gasteiger partial charge is 0.381 e. The average molecular weight is 303 g/mol. The van der Waals surface area contributed by atoms with Gasteiger partial charge < -0.3 is 9.30 Å². The second kappa shape index (κ2) is 6.71. The van der Waals surface area contributed by atoms with Gasteiger partial charge in [0.25, 0.3) is 0 Å². The van der Waals surface area contributed by atoms with Gasteiger partial charge in [0.1, 0.15) is 0 Å². The zero-order valence-electron chi connectivity index (χ0n) is 13.6. The van der Waals surface area contributed by atoms with E-state index in [1.54, 1.807) is 0 Å². The third-order valence-electron chi connectivity index (χ3n) is 5.83. The van der Waals surface area contributed by atoms with E-state index in [4.69, 9.17) is 4.74 Å². The maximum absolute atomic E-state index is 6.06. The Morgan fingerprint density at radius 3 is 2.50 bits per heavy atom. The van der Waals surface area contributed by atoms with Crippen LogP contribution in [0.5, 0.6) is 0 Å². The Hall–Kier alpha value is -0.870. The van der Waals surface area contributed by atoms with Crippen molar-refractivity contribution in [2.45, 2.75) is 51.6 Å². The summed E-state index contributed by atoms with van der Waals surface area (Å²) in [4.78, 5) is 7.01. The highest BCUT2D eigenvalue weighted by molar-refractivity contribution is 5.01. The number of nitrogens with zero attached hydrogens (tertiary/aromatic N) is 3. The Kier molecular flexibility index (Phi) is 4.49. The van der Waals surface area contributed by atoms with E-state index in [0.717, 1.165) is 38.1 Å². The fraction of sp³-hybridized carbons (Fsp3) is 0.833. The zero-order valence-corrected chi connectivity index (χ0v) is 13.6. The van der Waals surface area contributed by atoms with E-state index in [9.17, 15) is 0 Å². The normalized spacial score (nSPS) is 27.0. The Bertz CT molecular complexity index is 478. The molecule has 1 aromatic rings. The summed E-state index contributed by atoms with van der Waals surface area (Å²) in [7, 11) is 0. The van der Waals surface area contributed by atoms with E-state index in [2.05, 4.69) is 14.5 Å². The third-order valence-corrected chi connectivity index (χ3v) is 5.83. The highest BCUT2D eigenvalue weighted by Gasteiger charge is 2.27. The molecule has 1 atom stereocenters. The summed E-state index contributed by atoms with van der Waals surface area (Å²) in [5, 5.41) is 0. The molecule has 2 heterocycles. The summed E-state index contributed by atoms with van der Waals surface area (Å²) in [6.45, 7) is 6.48. The van der Waals surface area contributed by atoms with Crippen molar-refractivity contribution in [3.05, 3.63) is 18.2 Å². The first-order chi connectivity index (χ1) is 10.9. The lowest BCUT2D eigenvalue weighted by Gasteiger charge is -2.33. The molecule has 0 unspecified atom stereocenters. The predicted octanol–water partition coefficient (Wildman–Crippen LogP) is 2.93. The lowest BCUT2D eigenvalue weighted by atomic mass is 9.85. The number of hydrogen-bond acceptors (Lipinski definition) is 3. The quantitative estimate of drug-likeness (QED) is 0.809. The molecule has 1 aliphatic heterocycles. The molecule has 4 heteroatoms. The van der Waals surface area contributed by atoms with Crippen LogP contribution in [-0.4, -0.2) is 40.8 Å². The van der Waals surface area contributed by atoms with E-state index in [-0.39, 0.29) is 0 Å². The number of imidazole rings is 1. The molecule has 0 bridgehead atoms. The molecule has 0 N–H and O–H groups in total. The Morgan fingerprint density at radius 1 is 1.00 bits per heavy atom. The van der Waals surface area contributed by atoms with Gasteiger partial charge in [-0.1, -0.05) is 12.8 Å². The van der Waals surface area contributed by atoms with Crippen molar-refractivity contribution < 1.29 is 4.74 Å². The van der Waals surface area contributed by atoms with Crippen molar-refractivity contribution in [1.82, 2.24) is 14.5 Å². The Morgan fingerprint density at radius 2 is 1.77 bits per heavy atom. The van der Waals surface area contributed by atoms with Crippen LogP contribution in [0, 0.1) is 17.8 Å². The molecule has 0 aromatic carbocycles. The molecule has 4 rings (SSSR count). The molecule has 1 aromatic heterocycles. The molecular formula is C18H29N3O. The molecule has 22 heavy (non-hydrogen) atoms. The van der Waals surface area contributed by atoms with E-state index in [1.807, 2.05) is 12.5 Å². The van der Waals surface area contributed by atoms with Crippen molar-refractivity contribution in [3.63, 3.8) is 0 Å². The standard InChI is InChI=1S/C18H29N3O/c1-3-15(4-1)8-20-9-17(13-22-12-16-5-2-6-16)10-21-14-19-7-18(21)11-20/h7,14-17H,1-6,8-13H2/t17-/m0/s1. The number of aromatic nitrogens is 2. The van der Waals surface area contributed by atoms with E-state index in [1.165, 1.54) is 57.3 Å². The first-order valence-corrected chi connectivity index (χ1v) is 9.16. The molecule has 2 saturated carbocycles. The molecule has 0 radical (unpaired) electrons. The summed E-state index contributed by atoms with van der Waals surface area (Å²) in [6, 6.07) is 0. The fourth-order valence-corrected chi connectivity index (χ4v) is 3.98. The van der Waals surface area contributed by atoms with Gasteiger partial charge in [-0.15, -0.1) is 0 Å². The van der Waals surface area contributed by atoms with Crippen LogP contribution in [0.25, 0.3) is 0 Å². The lowest BCUT2D eigenvalue weighted by Crippen LogP contribution is -2.36. The molecule has 0 saturated heterocycles. The van der Waals surface area contributed by atoms with Crippen LogP contribution in [0.1, 0.15) is 44.2 Å². The van der Waals surface area contributed by atoms with Crippen molar-refractivity contribution >= 4 is 0 Å². The van der Waals surface area contributed by atoms with Gasteiger partial charge in [0.2, 0.25) is 0 Å². The summed E-state index contributed by atoms with van der Waals surface area (Å²) in [5.74, 6) is 2.39. The first-order valence-electron chi connectivity index (χ1n) is 9.16. The number of ether oxygens (including phenoxy) is 1. The van der Waals surface area contributed by atoms with E-state index in [0.29, 0.717) is 5.92 Å². The van der Waals surface area contributed by atoms with Crippen LogP contribution in [0.4, 0.5) is 0 Å². The summed E-state index contributed by atoms with van der Waals surface area (Å²) in [5.41, 5.74) is 1.38. The minimum absolute atomic E-state index is 0.607. The van der Waals surface area contributed by atoms with E-state index < -0.39 is 0 Å². The molecule has 4 nitrogen and oxygen atoms in total. The van der Waals surface area contributed by atoms with Gasteiger partial charge in [-0.3, -0.25) is 4.90 Å². The van der Waals surface area contributed by atoms with Gasteiger partial charge in [-0.2, -0.15) is 0 Å². The second-order valence-corrected chi connectivity index (χ2v) is 7.73. The SMILES string of the molecule is c1ncn2c1CN(CC1CCC1)C[C@H](COCC1CCC1)C2. The smallest absolute Gasteiger partial charge is 0.0948 e. The van der Waals surface area contributed by atoms with Gasteiger partial charge in [0, 0.05) is 44.9 Å². The predicted molar refractivity (Wildman–Crippen MR) is 86.5 cm³/mol. The monoisotopic (exact) mass is 303 g/mol. The molecule has 122 valence electrons. The summed E-state index contributed by atoms with van der Waals surface area (Å²) in [6.07, 6.45) is 12.5. The van der Waals surface area contributed by atoms with Crippen LogP contribution < -0.4 is 0 Å². The number of hydrogen-bond donors (Lipinski definition) is 0. The van der Waals surface area contributed by atoms with Crippen molar-refractivity contribution in [2.75, 3.05) is 26.3 Å². The summed E-state index contributed by atoms with van der Waals surface area (Å²) >= 11 is 0. The average Bonchev–Trinajstić information content (AvgIpc) is 2.76. The lowest BCUT2D eigenvalue weighted by molar-refractivity contribution is 0.0335. The van der Waals surface area contributed by atoms with Crippen LogP contribution in [0.15, 0.2) is 12.5 Å². The Labute approximate surface area is 133 Å². The second-order valence-electron chi connectivity index (χ2n) is 7.73. The molecule has 0 amide bonds. The third kappa shape index (κ3) is 3.38. The molecule has 2 fully saturated rings. The fourth-order valence-electron chi connectivity index (χ4n) is 3.98. The zero-order chi connectivity index (χ0) is 14.8. The van der Waals surface area contributed by atoms with E-state index >= 15 is 0 Å². The van der Waals surface area contributed by atoms with Crippen LogP contribution in [0.3, 0.4) is 0 Å². The maximum Gasteiger partial charge on any atom is 0.0948 e.